The molecule has 94 valence electrons. The Kier molecular flexibility index (Phi) is 3.05. The van der Waals surface area contributed by atoms with E-state index in [0.717, 1.165) is 24.7 Å². The molecular formula is C11H7F3N2O2. The molecule has 0 bridgehead atoms. The Morgan fingerprint density at radius 3 is 2.67 bits per heavy atom. The lowest BCUT2D eigenvalue weighted by molar-refractivity contribution is 0.0691. The largest absolute Gasteiger partial charge is 0.476 e. The zero-order valence-electron chi connectivity index (χ0n) is 8.85. The molecule has 1 N–H and O–H groups in total. The predicted molar refractivity (Wildman–Crippen MR) is 55.4 cm³/mol. The minimum Gasteiger partial charge on any atom is -0.476 e. The molecular weight excluding hydrogens is 249 g/mol. The zero-order valence-corrected chi connectivity index (χ0v) is 8.85. The summed E-state index contributed by atoms with van der Waals surface area (Å²) in [4.78, 5) is 14.2. The second kappa shape index (κ2) is 4.52. The van der Waals surface area contributed by atoms with E-state index < -0.39 is 23.8 Å². The van der Waals surface area contributed by atoms with Gasteiger partial charge in [0, 0.05) is 11.9 Å². The van der Waals surface area contributed by atoms with Crippen LogP contribution in [0.2, 0.25) is 0 Å². The van der Waals surface area contributed by atoms with Gasteiger partial charge >= 0.3 is 5.97 Å². The topological polar surface area (TPSA) is 55.1 Å². The predicted octanol–water partition coefficient (Wildman–Crippen LogP) is 2.65. The second-order valence-electron chi connectivity index (χ2n) is 3.48. The van der Waals surface area contributed by atoms with E-state index in [1.807, 2.05) is 0 Å². The van der Waals surface area contributed by atoms with Gasteiger partial charge in [0.05, 0.1) is 5.56 Å². The van der Waals surface area contributed by atoms with Crippen molar-refractivity contribution in [3.05, 3.63) is 47.8 Å². The fourth-order valence-electron chi connectivity index (χ4n) is 1.43. The Bertz CT molecular complexity index is 596. The number of imidazole rings is 1. The van der Waals surface area contributed by atoms with E-state index in [9.17, 15) is 18.0 Å². The maximum absolute atomic E-state index is 13.1. The van der Waals surface area contributed by atoms with Crippen LogP contribution in [0.3, 0.4) is 0 Å². The SMILES string of the molecule is O=C(O)c1cn(-c2ccc(F)c(C(F)F)c2)cn1. The number of alkyl halides is 2. The van der Waals surface area contributed by atoms with Gasteiger partial charge in [0.15, 0.2) is 5.69 Å². The lowest BCUT2D eigenvalue weighted by Crippen LogP contribution is -1.97. The van der Waals surface area contributed by atoms with Crippen LogP contribution in [0.1, 0.15) is 22.5 Å². The molecule has 2 rings (SSSR count). The summed E-state index contributed by atoms with van der Waals surface area (Å²) in [5, 5.41) is 8.68. The van der Waals surface area contributed by atoms with Gasteiger partial charge in [0.25, 0.3) is 6.43 Å². The van der Waals surface area contributed by atoms with Crippen molar-refractivity contribution in [2.75, 3.05) is 0 Å². The van der Waals surface area contributed by atoms with E-state index in [1.165, 1.54) is 10.6 Å². The lowest BCUT2D eigenvalue weighted by Gasteiger charge is -2.06. The molecule has 0 fully saturated rings. The van der Waals surface area contributed by atoms with Crippen LogP contribution >= 0.6 is 0 Å². The highest BCUT2D eigenvalue weighted by Gasteiger charge is 2.15. The number of nitrogens with zero attached hydrogens (tertiary/aromatic N) is 2. The summed E-state index contributed by atoms with van der Waals surface area (Å²) >= 11 is 0. The minimum absolute atomic E-state index is 0.215. The number of aromatic carboxylic acids is 1. The van der Waals surface area contributed by atoms with E-state index in [2.05, 4.69) is 4.98 Å². The third-order valence-corrected chi connectivity index (χ3v) is 2.31. The quantitative estimate of drug-likeness (QED) is 0.918. The van der Waals surface area contributed by atoms with Crippen molar-refractivity contribution >= 4 is 5.97 Å². The van der Waals surface area contributed by atoms with Gasteiger partial charge in [0.1, 0.15) is 12.1 Å². The van der Waals surface area contributed by atoms with Crippen LogP contribution in [0.5, 0.6) is 0 Å². The number of benzene rings is 1. The van der Waals surface area contributed by atoms with Crippen LogP contribution in [0, 0.1) is 5.82 Å². The number of hydrogen-bond acceptors (Lipinski definition) is 2. The minimum atomic E-state index is -2.94. The van der Waals surface area contributed by atoms with Crippen molar-refractivity contribution < 1.29 is 23.1 Å². The molecule has 2 aromatic rings. The molecule has 18 heavy (non-hydrogen) atoms. The molecule has 0 aliphatic heterocycles. The molecule has 0 aliphatic carbocycles. The third kappa shape index (κ3) is 2.20. The van der Waals surface area contributed by atoms with Crippen LogP contribution in [0.15, 0.2) is 30.7 Å². The van der Waals surface area contributed by atoms with Gasteiger partial charge in [-0.3, -0.25) is 0 Å². The number of halogens is 3. The van der Waals surface area contributed by atoms with Crippen molar-refractivity contribution in [3.8, 4) is 5.69 Å². The Balaban J connectivity index is 2.44. The third-order valence-electron chi connectivity index (χ3n) is 2.31. The summed E-state index contributed by atoms with van der Waals surface area (Å²) in [6, 6.07) is 3.11. The Morgan fingerprint density at radius 1 is 1.39 bits per heavy atom. The summed E-state index contributed by atoms with van der Waals surface area (Å²) in [6.45, 7) is 0. The van der Waals surface area contributed by atoms with E-state index in [-0.39, 0.29) is 11.4 Å². The first kappa shape index (κ1) is 12.2. The molecule has 0 saturated carbocycles. The number of carboxylic acid groups (broad SMARTS) is 1. The first-order chi connectivity index (χ1) is 8.49. The lowest BCUT2D eigenvalue weighted by atomic mass is 10.2. The first-order valence-corrected chi connectivity index (χ1v) is 4.84. The van der Waals surface area contributed by atoms with Gasteiger partial charge in [-0.15, -0.1) is 0 Å². The summed E-state index contributed by atoms with van der Waals surface area (Å²) < 4.78 is 39.3. The summed E-state index contributed by atoms with van der Waals surface area (Å²) in [7, 11) is 0. The zero-order chi connectivity index (χ0) is 13.3. The fraction of sp³-hybridized carbons (Fsp3) is 0.0909. The first-order valence-electron chi connectivity index (χ1n) is 4.84. The summed E-state index contributed by atoms with van der Waals surface area (Å²) in [6.07, 6.45) is -0.621. The average Bonchev–Trinajstić information content (AvgIpc) is 2.78. The van der Waals surface area contributed by atoms with E-state index >= 15 is 0 Å². The molecule has 0 radical (unpaired) electrons. The maximum atomic E-state index is 13.1. The Hall–Kier alpha value is -2.31. The normalized spacial score (nSPS) is 10.9. The van der Waals surface area contributed by atoms with Crippen LogP contribution in [-0.4, -0.2) is 20.6 Å². The molecule has 0 spiro atoms. The molecule has 0 aliphatic rings. The standard InChI is InChI=1S/C11H7F3N2O2/c12-8-2-1-6(3-7(8)10(13)14)16-4-9(11(17)18)15-5-16/h1-5,10H,(H,17,18). The van der Waals surface area contributed by atoms with Gasteiger partial charge in [-0.1, -0.05) is 0 Å². The van der Waals surface area contributed by atoms with Crippen LogP contribution < -0.4 is 0 Å². The van der Waals surface area contributed by atoms with Crippen molar-refractivity contribution in [1.29, 1.82) is 0 Å². The number of carbonyl (C=O) groups is 1. The summed E-state index contributed by atoms with van der Waals surface area (Å²) in [5.74, 6) is -2.24. The highest BCUT2D eigenvalue weighted by molar-refractivity contribution is 5.85. The second-order valence-corrected chi connectivity index (χ2v) is 3.48. The maximum Gasteiger partial charge on any atom is 0.356 e. The molecule has 4 nitrogen and oxygen atoms in total. The average molecular weight is 256 g/mol. The molecule has 7 heteroatoms. The molecule has 1 aromatic heterocycles. The Labute approximate surface area is 99.3 Å². The number of hydrogen-bond donors (Lipinski definition) is 1. The number of aromatic nitrogens is 2. The van der Waals surface area contributed by atoms with Gasteiger partial charge < -0.3 is 9.67 Å². The van der Waals surface area contributed by atoms with Crippen molar-refractivity contribution in [2.24, 2.45) is 0 Å². The van der Waals surface area contributed by atoms with Crippen molar-refractivity contribution in [1.82, 2.24) is 9.55 Å². The van der Waals surface area contributed by atoms with Crippen LogP contribution in [-0.2, 0) is 0 Å². The smallest absolute Gasteiger partial charge is 0.356 e. The van der Waals surface area contributed by atoms with E-state index in [0.29, 0.717) is 0 Å². The molecule has 0 amide bonds. The fourth-order valence-corrected chi connectivity index (χ4v) is 1.43. The molecule has 1 aromatic carbocycles. The number of carboxylic acids is 1. The molecule has 0 unspecified atom stereocenters. The van der Waals surface area contributed by atoms with Gasteiger partial charge in [-0.2, -0.15) is 0 Å². The molecule has 1 heterocycles. The molecule has 0 atom stereocenters. The van der Waals surface area contributed by atoms with Crippen LogP contribution in [0.4, 0.5) is 13.2 Å². The van der Waals surface area contributed by atoms with Crippen molar-refractivity contribution in [3.63, 3.8) is 0 Å². The number of rotatable bonds is 3. The van der Waals surface area contributed by atoms with E-state index in [1.54, 1.807) is 0 Å². The van der Waals surface area contributed by atoms with Gasteiger partial charge in [-0.05, 0) is 18.2 Å². The highest BCUT2D eigenvalue weighted by atomic mass is 19.3. The molecule has 0 saturated heterocycles. The van der Waals surface area contributed by atoms with Crippen LogP contribution in [0.25, 0.3) is 5.69 Å². The Morgan fingerprint density at radius 2 is 2.11 bits per heavy atom. The van der Waals surface area contributed by atoms with Gasteiger partial charge in [0.2, 0.25) is 0 Å². The monoisotopic (exact) mass is 256 g/mol. The highest BCUT2D eigenvalue weighted by Crippen LogP contribution is 2.24. The van der Waals surface area contributed by atoms with Gasteiger partial charge in [-0.25, -0.2) is 22.9 Å². The summed E-state index contributed by atoms with van der Waals surface area (Å²) in [5.41, 5.74) is -0.748. The van der Waals surface area contributed by atoms with Crippen molar-refractivity contribution in [2.45, 2.75) is 6.43 Å². The van der Waals surface area contributed by atoms with E-state index in [4.69, 9.17) is 5.11 Å².